The number of carbonyl (C=O) groups excluding carboxylic acids is 1. The van der Waals surface area contributed by atoms with Crippen LogP contribution in [-0.4, -0.2) is 22.9 Å². The van der Waals surface area contributed by atoms with Crippen LogP contribution in [0.15, 0.2) is 15.7 Å². The number of aliphatic hydroxyl groups is 1. The standard InChI is InChI=1S/C11H14O3S2/c1-2-14-10(13)6-7-5-9(12)8-3-4-15-11(8)16-7/h3-4,7,9,12H,2,5-6H2,1H3. The van der Waals surface area contributed by atoms with Gasteiger partial charge in [0.05, 0.1) is 23.3 Å². The molecular weight excluding hydrogens is 244 g/mol. The average molecular weight is 258 g/mol. The second kappa shape index (κ2) is 5.21. The highest BCUT2D eigenvalue weighted by Crippen LogP contribution is 2.44. The summed E-state index contributed by atoms with van der Waals surface area (Å²) in [5.74, 6) is -0.174. The molecular formula is C11H14O3S2. The third-order valence-corrected chi connectivity index (χ3v) is 4.92. The Morgan fingerprint density at radius 2 is 2.50 bits per heavy atom. The smallest absolute Gasteiger partial charge is 0.306 e. The van der Waals surface area contributed by atoms with Crippen molar-refractivity contribution in [1.29, 1.82) is 0 Å². The zero-order valence-electron chi connectivity index (χ0n) is 9.01. The van der Waals surface area contributed by atoms with Gasteiger partial charge in [0.25, 0.3) is 0 Å². The van der Waals surface area contributed by atoms with Crippen molar-refractivity contribution in [3.05, 3.63) is 17.0 Å². The lowest BCUT2D eigenvalue weighted by Gasteiger charge is -2.24. The van der Waals surface area contributed by atoms with Crippen LogP contribution in [0.4, 0.5) is 0 Å². The van der Waals surface area contributed by atoms with Crippen LogP contribution in [0.25, 0.3) is 0 Å². The minimum Gasteiger partial charge on any atom is -0.466 e. The van der Waals surface area contributed by atoms with Gasteiger partial charge >= 0.3 is 5.97 Å². The van der Waals surface area contributed by atoms with Gasteiger partial charge < -0.3 is 9.84 Å². The van der Waals surface area contributed by atoms with Crippen LogP contribution in [-0.2, 0) is 9.53 Å². The Morgan fingerprint density at radius 3 is 3.25 bits per heavy atom. The number of ether oxygens (including phenoxy) is 1. The lowest BCUT2D eigenvalue weighted by atomic mass is 10.1. The highest BCUT2D eigenvalue weighted by atomic mass is 32.2. The van der Waals surface area contributed by atoms with Gasteiger partial charge in [-0.05, 0) is 24.8 Å². The fraction of sp³-hybridized carbons (Fsp3) is 0.545. The Bertz CT molecular complexity index is 375. The lowest BCUT2D eigenvalue weighted by molar-refractivity contribution is -0.143. The van der Waals surface area contributed by atoms with Crippen LogP contribution in [0, 0.1) is 0 Å². The highest BCUT2D eigenvalue weighted by molar-refractivity contribution is 8.01. The van der Waals surface area contributed by atoms with E-state index < -0.39 is 6.10 Å². The Morgan fingerprint density at radius 1 is 1.69 bits per heavy atom. The molecule has 0 radical (unpaired) electrons. The van der Waals surface area contributed by atoms with Crippen LogP contribution in [0.3, 0.4) is 0 Å². The molecule has 0 bridgehead atoms. The SMILES string of the molecule is CCOC(=O)CC1CC(O)c2ccsc2S1. The van der Waals surface area contributed by atoms with Crippen molar-refractivity contribution in [1.82, 2.24) is 0 Å². The predicted molar refractivity (Wildman–Crippen MR) is 64.8 cm³/mol. The van der Waals surface area contributed by atoms with Gasteiger partial charge in [0.2, 0.25) is 0 Å². The van der Waals surface area contributed by atoms with Crippen LogP contribution >= 0.6 is 23.1 Å². The second-order valence-electron chi connectivity index (χ2n) is 3.66. The fourth-order valence-corrected chi connectivity index (χ4v) is 4.37. The van der Waals surface area contributed by atoms with Crippen LogP contribution in [0.1, 0.15) is 31.4 Å². The molecule has 16 heavy (non-hydrogen) atoms. The number of hydrogen-bond donors (Lipinski definition) is 1. The number of esters is 1. The summed E-state index contributed by atoms with van der Waals surface area (Å²) < 4.78 is 6.05. The summed E-state index contributed by atoms with van der Waals surface area (Å²) >= 11 is 3.30. The molecule has 1 aromatic heterocycles. The molecule has 2 atom stereocenters. The number of thiophene rings is 1. The number of hydrogen-bond acceptors (Lipinski definition) is 5. The number of fused-ring (bicyclic) bond motifs is 1. The van der Waals surface area contributed by atoms with E-state index in [1.165, 1.54) is 0 Å². The quantitative estimate of drug-likeness (QED) is 0.847. The van der Waals surface area contributed by atoms with Crippen molar-refractivity contribution in [3.63, 3.8) is 0 Å². The molecule has 1 aromatic rings. The minimum atomic E-state index is -0.429. The van der Waals surface area contributed by atoms with Gasteiger partial charge in [0.15, 0.2) is 0 Å². The first-order valence-electron chi connectivity index (χ1n) is 5.28. The van der Waals surface area contributed by atoms with Gasteiger partial charge in [-0.3, -0.25) is 4.79 Å². The van der Waals surface area contributed by atoms with Crippen LogP contribution < -0.4 is 0 Å². The minimum absolute atomic E-state index is 0.139. The van der Waals surface area contributed by atoms with E-state index in [-0.39, 0.29) is 11.2 Å². The van der Waals surface area contributed by atoms with Gasteiger partial charge in [-0.15, -0.1) is 23.1 Å². The molecule has 0 saturated carbocycles. The van der Waals surface area contributed by atoms with E-state index in [9.17, 15) is 9.90 Å². The molecule has 0 amide bonds. The van der Waals surface area contributed by atoms with Gasteiger partial charge in [-0.25, -0.2) is 0 Å². The van der Waals surface area contributed by atoms with E-state index in [4.69, 9.17) is 4.74 Å². The first-order valence-corrected chi connectivity index (χ1v) is 7.04. The molecule has 2 unspecified atom stereocenters. The fourth-order valence-electron chi connectivity index (χ4n) is 1.75. The Hall–Kier alpha value is -0.520. The van der Waals surface area contributed by atoms with Crippen molar-refractivity contribution in [2.45, 2.75) is 35.3 Å². The van der Waals surface area contributed by atoms with Crippen LogP contribution in [0.2, 0.25) is 0 Å². The topological polar surface area (TPSA) is 46.5 Å². The van der Waals surface area contributed by atoms with Crippen molar-refractivity contribution in [2.75, 3.05) is 6.61 Å². The molecule has 0 fully saturated rings. The first kappa shape index (κ1) is 12.0. The molecule has 1 aliphatic heterocycles. The van der Waals surface area contributed by atoms with Crippen molar-refractivity contribution in [3.8, 4) is 0 Å². The zero-order valence-corrected chi connectivity index (χ0v) is 10.6. The Kier molecular flexibility index (Phi) is 3.89. The molecule has 1 aliphatic rings. The summed E-state index contributed by atoms with van der Waals surface area (Å²) in [5.41, 5.74) is 1.01. The molecule has 2 heterocycles. The van der Waals surface area contributed by atoms with E-state index in [2.05, 4.69) is 0 Å². The summed E-state index contributed by atoms with van der Waals surface area (Å²) in [7, 11) is 0. The molecule has 3 nitrogen and oxygen atoms in total. The van der Waals surface area contributed by atoms with E-state index >= 15 is 0 Å². The summed E-state index contributed by atoms with van der Waals surface area (Å²) in [4.78, 5) is 11.4. The zero-order chi connectivity index (χ0) is 11.5. The first-order chi connectivity index (χ1) is 7.70. The summed E-state index contributed by atoms with van der Waals surface area (Å²) in [6.07, 6.45) is 0.585. The van der Waals surface area contributed by atoms with Crippen LogP contribution in [0.5, 0.6) is 0 Å². The second-order valence-corrected chi connectivity index (χ2v) is 6.15. The van der Waals surface area contributed by atoms with Crippen molar-refractivity contribution >= 4 is 29.1 Å². The maximum atomic E-state index is 11.4. The van der Waals surface area contributed by atoms with Crippen molar-refractivity contribution in [2.24, 2.45) is 0 Å². The van der Waals surface area contributed by atoms with Gasteiger partial charge in [-0.1, -0.05) is 0 Å². The molecule has 0 saturated heterocycles. The molecule has 0 aromatic carbocycles. The van der Waals surface area contributed by atoms with E-state index in [0.717, 1.165) is 9.77 Å². The maximum absolute atomic E-state index is 11.4. The number of aliphatic hydroxyl groups excluding tert-OH is 1. The highest BCUT2D eigenvalue weighted by Gasteiger charge is 2.28. The summed E-state index contributed by atoms with van der Waals surface area (Å²) in [6.45, 7) is 2.22. The third-order valence-electron chi connectivity index (χ3n) is 2.48. The van der Waals surface area contributed by atoms with Gasteiger partial charge in [0.1, 0.15) is 0 Å². The molecule has 0 spiro atoms. The summed E-state index contributed by atoms with van der Waals surface area (Å²) in [6, 6.07) is 1.96. The Balaban J connectivity index is 1.98. The molecule has 88 valence electrons. The molecule has 5 heteroatoms. The van der Waals surface area contributed by atoms with Crippen molar-refractivity contribution < 1.29 is 14.6 Å². The van der Waals surface area contributed by atoms with E-state index in [1.54, 1.807) is 30.0 Å². The third kappa shape index (κ3) is 2.59. The number of rotatable bonds is 3. The number of thioether (sulfide) groups is 1. The van der Waals surface area contributed by atoms with Gasteiger partial charge in [-0.2, -0.15) is 0 Å². The molecule has 0 aliphatic carbocycles. The average Bonchev–Trinajstić information content (AvgIpc) is 2.66. The molecule has 1 N–H and O–H groups in total. The largest absolute Gasteiger partial charge is 0.466 e. The van der Waals surface area contributed by atoms with Gasteiger partial charge in [0, 0.05) is 10.8 Å². The predicted octanol–water partition coefficient (Wildman–Crippen LogP) is 2.60. The monoisotopic (exact) mass is 258 g/mol. The molecule has 2 rings (SSSR count). The maximum Gasteiger partial charge on any atom is 0.306 e. The summed E-state index contributed by atoms with van der Waals surface area (Å²) in [5, 5.41) is 12.0. The van der Waals surface area contributed by atoms with E-state index in [0.29, 0.717) is 19.4 Å². The normalized spacial score (nSPS) is 23.9. The number of carbonyl (C=O) groups is 1. The van der Waals surface area contributed by atoms with E-state index in [1.807, 2.05) is 11.4 Å². The lowest BCUT2D eigenvalue weighted by Crippen LogP contribution is -2.19. The Labute approximate surface area is 103 Å².